The third-order valence-electron chi connectivity index (χ3n) is 5.00. The van der Waals surface area contributed by atoms with Gasteiger partial charge in [0.05, 0.1) is 7.11 Å². The molecule has 1 saturated heterocycles. The molecule has 0 radical (unpaired) electrons. The molecule has 0 bridgehead atoms. The van der Waals surface area contributed by atoms with Crippen molar-refractivity contribution >= 4 is 24.8 Å². The Hall–Kier alpha value is -1.26. The summed E-state index contributed by atoms with van der Waals surface area (Å²) in [6, 6.07) is 17.8. The topological polar surface area (TPSA) is 24.5 Å². The van der Waals surface area contributed by atoms with E-state index in [9.17, 15) is 0 Å². The van der Waals surface area contributed by atoms with Gasteiger partial charge in [-0.05, 0) is 17.2 Å². The van der Waals surface area contributed by atoms with Crippen LogP contribution in [-0.2, 0) is 0 Å². The van der Waals surface area contributed by atoms with Crippen molar-refractivity contribution in [3.05, 3.63) is 65.2 Å². The molecule has 2 aromatic carbocycles. The number of methoxy groups -OCH3 is 1. The number of rotatable bonds is 2. The lowest BCUT2D eigenvalue weighted by Crippen LogP contribution is -2.50. The zero-order chi connectivity index (χ0) is 14.9. The Morgan fingerprint density at radius 2 is 1.83 bits per heavy atom. The number of benzene rings is 2. The van der Waals surface area contributed by atoms with E-state index in [1.165, 1.54) is 16.7 Å². The molecule has 2 aliphatic heterocycles. The third-order valence-corrected chi connectivity index (χ3v) is 5.00. The average Bonchev–Trinajstić information content (AvgIpc) is 2.61. The van der Waals surface area contributed by atoms with E-state index in [-0.39, 0.29) is 24.8 Å². The summed E-state index contributed by atoms with van der Waals surface area (Å²) in [4.78, 5) is 2.62. The lowest BCUT2D eigenvalue weighted by atomic mass is 9.80. The molecular weight excluding hydrogens is 343 g/mol. The monoisotopic (exact) mass is 366 g/mol. The van der Waals surface area contributed by atoms with Crippen molar-refractivity contribution in [2.75, 3.05) is 33.3 Å². The van der Waals surface area contributed by atoms with Crippen molar-refractivity contribution < 1.29 is 4.74 Å². The number of nitrogens with one attached hydrogen (secondary N) is 1. The minimum absolute atomic E-state index is 0. The van der Waals surface area contributed by atoms with Crippen LogP contribution in [0.2, 0.25) is 0 Å². The molecule has 0 unspecified atom stereocenters. The second kappa shape index (κ2) is 8.21. The third kappa shape index (κ3) is 3.27. The van der Waals surface area contributed by atoms with Crippen LogP contribution in [0.3, 0.4) is 0 Å². The minimum Gasteiger partial charge on any atom is -0.496 e. The number of hydrogen-bond donors (Lipinski definition) is 1. The van der Waals surface area contributed by atoms with E-state index in [1.54, 1.807) is 7.11 Å². The first-order chi connectivity index (χ1) is 10.9. The first-order valence-corrected chi connectivity index (χ1v) is 8.05. The van der Waals surface area contributed by atoms with Crippen LogP contribution in [0.15, 0.2) is 48.5 Å². The molecule has 0 aliphatic carbocycles. The summed E-state index contributed by atoms with van der Waals surface area (Å²) in [5.74, 6) is 1.42. The molecule has 4 rings (SSSR count). The van der Waals surface area contributed by atoms with Gasteiger partial charge in [-0.3, -0.25) is 4.90 Å². The van der Waals surface area contributed by atoms with Gasteiger partial charge in [0, 0.05) is 43.7 Å². The van der Waals surface area contributed by atoms with Crippen LogP contribution in [0.4, 0.5) is 0 Å². The summed E-state index contributed by atoms with van der Waals surface area (Å²) in [6.45, 7) is 4.30. The maximum absolute atomic E-state index is 5.71. The molecule has 1 N–H and O–H groups in total. The maximum Gasteiger partial charge on any atom is 0.123 e. The van der Waals surface area contributed by atoms with Crippen molar-refractivity contribution in [1.29, 1.82) is 0 Å². The van der Waals surface area contributed by atoms with E-state index < -0.39 is 0 Å². The lowest BCUT2D eigenvalue weighted by Gasteiger charge is -2.44. The van der Waals surface area contributed by atoms with E-state index in [4.69, 9.17) is 4.74 Å². The van der Waals surface area contributed by atoms with Crippen LogP contribution in [-0.4, -0.2) is 38.2 Å². The van der Waals surface area contributed by atoms with Crippen LogP contribution in [0.1, 0.15) is 28.7 Å². The predicted molar refractivity (Wildman–Crippen MR) is 103 cm³/mol. The summed E-state index contributed by atoms with van der Waals surface area (Å²) >= 11 is 0. The Morgan fingerprint density at radius 3 is 2.58 bits per heavy atom. The summed E-state index contributed by atoms with van der Waals surface area (Å²) in [5, 5.41) is 3.53. The number of hydrogen-bond acceptors (Lipinski definition) is 3. The van der Waals surface area contributed by atoms with Gasteiger partial charge in [-0.25, -0.2) is 0 Å². The molecule has 0 aromatic heterocycles. The molecule has 0 amide bonds. The average molecular weight is 367 g/mol. The van der Waals surface area contributed by atoms with Gasteiger partial charge in [-0.2, -0.15) is 0 Å². The number of ether oxygens (including phenoxy) is 1. The highest BCUT2D eigenvalue weighted by Gasteiger charge is 2.36. The van der Waals surface area contributed by atoms with Gasteiger partial charge in [0.15, 0.2) is 0 Å². The van der Waals surface area contributed by atoms with E-state index in [2.05, 4.69) is 58.7 Å². The smallest absolute Gasteiger partial charge is 0.123 e. The number of fused-ring (bicyclic) bond motifs is 3. The zero-order valence-corrected chi connectivity index (χ0v) is 15.4. The zero-order valence-electron chi connectivity index (χ0n) is 13.8. The largest absolute Gasteiger partial charge is 0.496 e. The number of piperazine rings is 1. The molecule has 2 heterocycles. The molecule has 2 aromatic rings. The summed E-state index contributed by atoms with van der Waals surface area (Å²) in [5.41, 5.74) is 4.18. The Labute approximate surface area is 156 Å². The van der Waals surface area contributed by atoms with Gasteiger partial charge in [-0.15, -0.1) is 24.8 Å². The van der Waals surface area contributed by atoms with Crippen LogP contribution in [0.5, 0.6) is 5.75 Å². The molecule has 5 heteroatoms. The summed E-state index contributed by atoms with van der Waals surface area (Å²) in [7, 11) is 1.78. The molecule has 0 saturated carbocycles. The van der Waals surface area contributed by atoms with Crippen LogP contribution in [0.25, 0.3) is 0 Å². The van der Waals surface area contributed by atoms with Gasteiger partial charge >= 0.3 is 0 Å². The molecule has 130 valence electrons. The highest BCUT2D eigenvalue weighted by Crippen LogP contribution is 2.44. The number of nitrogens with zero attached hydrogens (tertiary/aromatic N) is 1. The van der Waals surface area contributed by atoms with Crippen molar-refractivity contribution in [1.82, 2.24) is 10.2 Å². The Bertz CT molecular complexity index is 666. The molecule has 2 atom stereocenters. The van der Waals surface area contributed by atoms with Crippen molar-refractivity contribution in [2.24, 2.45) is 0 Å². The van der Waals surface area contributed by atoms with Gasteiger partial charge in [-0.1, -0.05) is 42.5 Å². The molecule has 24 heavy (non-hydrogen) atoms. The van der Waals surface area contributed by atoms with Crippen LogP contribution in [0, 0.1) is 0 Å². The Kier molecular flexibility index (Phi) is 6.53. The predicted octanol–water partition coefficient (Wildman–Crippen LogP) is 3.63. The van der Waals surface area contributed by atoms with Crippen molar-refractivity contribution in [3.63, 3.8) is 0 Å². The molecular formula is C19H24Cl2N2O. The van der Waals surface area contributed by atoms with Crippen LogP contribution < -0.4 is 10.1 Å². The Morgan fingerprint density at radius 1 is 1.04 bits per heavy atom. The highest BCUT2D eigenvalue weighted by atomic mass is 35.5. The number of halogens is 2. The van der Waals surface area contributed by atoms with E-state index in [0.29, 0.717) is 12.0 Å². The molecule has 0 spiro atoms. The van der Waals surface area contributed by atoms with Gasteiger partial charge < -0.3 is 10.1 Å². The second-order valence-corrected chi connectivity index (χ2v) is 6.14. The molecule has 1 fully saturated rings. The van der Waals surface area contributed by atoms with E-state index in [0.717, 1.165) is 31.9 Å². The van der Waals surface area contributed by atoms with Crippen molar-refractivity contribution in [3.8, 4) is 5.75 Å². The van der Waals surface area contributed by atoms with Gasteiger partial charge in [0.25, 0.3) is 0 Å². The Balaban J connectivity index is 0.00000104. The molecule has 2 aliphatic rings. The van der Waals surface area contributed by atoms with E-state index >= 15 is 0 Å². The minimum atomic E-state index is 0. The SMILES string of the molecule is COc1cccc2c1[C@@H](c1ccccc1)CN1CCNC[C@@H]21.Cl.Cl. The summed E-state index contributed by atoms with van der Waals surface area (Å²) < 4.78 is 5.71. The lowest BCUT2D eigenvalue weighted by molar-refractivity contribution is 0.142. The van der Waals surface area contributed by atoms with Crippen LogP contribution >= 0.6 is 24.8 Å². The first-order valence-electron chi connectivity index (χ1n) is 8.05. The van der Waals surface area contributed by atoms with E-state index in [1.807, 2.05) is 0 Å². The fraction of sp³-hybridized carbons (Fsp3) is 0.368. The first kappa shape index (κ1) is 19.1. The quantitative estimate of drug-likeness (QED) is 0.877. The van der Waals surface area contributed by atoms with Gasteiger partial charge in [0.1, 0.15) is 5.75 Å². The fourth-order valence-electron chi connectivity index (χ4n) is 3.96. The molecule has 3 nitrogen and oxygen atoms in total. The fourth-order valence-corrected chi connectivity index (χ4v) is 3.96. The highest BCUT2D eigenvalue weighted by molar-refractivity contribution is 5.85. The van der Waals surface area contributed by atoms with Gasteiger partial charge in [0.2, 0.25) is 0 Å². The van der Waals surface area contributed by atoms with Crippen molar-refractivity contribution in [2.45, 2.75) is 12.0 Å². The second-order valence-electron chi connectivity index (χ2n) is 6.14. The standard InChI is InChI=1S/C19H22N2O.2ClH/c1-22-18-9-5-8-15-17-12-20-10-11-21(17)13-16(19(15)18)14-6-3-2-4-7-14;;/h2-9,16-17,20H,10-13H2,1H3;2*1H/t16-,17+;;/m1../s1. The summed E-state index contributed by atoms with van der Waals surface area (Å²) in [6.07, 6.45) is 0. The maximum atomic E-state index is 5.71. The normalized spacial score (nSPS) is 22.4.